The summed E-state index contributed by atoms with van der Waals surface area (Å²) in [6.07, 6.45) is 1.83. The zero-order valence-electron chi connectivity index (χ0n) is 14.9. The third kappa shape index (κ3) is 5.34. The lowest BCUT2D eigenvalue weighted by Crippen LogP contribution is -2.37. The van der Waals surface area contributed by atoms with Crippen LogP contribution in [0, 0.1) is 0 Å². The summed E-state index contributed by atoms with van der Waals surface area (Å²) in [5, 5.41) is 11.9. The molecule has 0 aliphatic heterocycles. The molecule has 1 amide bonds. The van der Waals surface area contributed by atoms with E-state index in [-0.39, 0.29) is 13.0 Å². The second-order valence-corrected chi connectivity index (χ2v) is 6.05. The Hall–Kier alpha value is -2.83. The van der Waals surface area contributed by atoms with Crippen molar-refractivity contribution >= 4 is 22.8 Å². The summed E-state index contributed by atoms with van der Waals surface area (Å²) >= 11 is 0. The van der Waals surface area contributed by atoms with Gasteiger partial charge in [0.25, 0.3) is 5.91 Å². The van der Waals surface area contributed by atoms with Crippen LogP contribution in [0.15, 0.2) is 33.5 Å². The van der Waals surface area contributed by atoms with Crippen LogP contribution < -0.4 is 15.7 Å². The van der Waals surface area contributed by atoms with Crippen LogP contribution >= 0.6 is 0 Å². The molecule has 0 aliphatic rings. The van der Waals surface area contributed by atoms with Gasteiger partial charge < -0.3 is 19.6 Å². The highest BCUT2D eigenvalue weighted by molar-refractivity contribution is 5.83. The molecule has 0 saturated heterocycles. The number of carbonyl (C=O) groups is 2. The molecule has 2 aromatic rings. The van der Waals surface area contributed by atoms with Gasteiger partial charge in [-0.25, -0.2) is 4.79 Å². The topological polar surface area (TPSA) is 106 Å². The predicted molar refractivity (Wildman–Crippen MR) is 96.4 cm³/mol. The quantitative estimate of drug-likeness (QED) is 0.665. The van der Waals surface area contributed by atoms with Crippen molar-refractivity contribution in [1.29, 1.82) is 0 Å². The van der Waals surface area contributed by atoms with E-state index in [1.807, 2.05) is 6.07 Å². The highest BCUT2D eigenvalue weighted by Crippen LogP contribution is 2.24. The summed E-state index contributed by atoms with van der Waals surface area (Å²) in [5.74, 6) is -0.999. The van der Waals surface area contributed by atoms with E-state index >= 15 is 0 Å². The maximum Gasteiger partial charge on any atom is 0.336 e. The van der Waals surface area contributed by atoms with Crippen LogP contribution in [0.3, 0.4) is 0 Å². The van der Waals surface area contributed by atoms with Crippen molar-refractivity contribution in [3.05, 3.63) is 40.2 Å². The lowest BCUT2D eigenvalue weighted by molar-refractivity contribution is -0.137. The first-order chi connectivity index (χ1) is 12.4. The SMILES string of the molecule is CCCCc1cc(=O)oc2cc(O[C@H](C)C(=O)NCCC(=O)O)ccc12. The van der Waals surface area contributed by atoms with E-state index in [2.05, 4.69) is 12.2 Å². The van der Waals surface area contributed by atoms with E-state index in [1.165, 1.54) is 6.07 Å². The monoisotopic (exact) mass is 361 g/mol. The van der Waals surface area contributed by atoms with E-state index in [0.29, 0.717) is 11.3 Å². The number of carbonyl (C=O) groups excluding carboxylic acids is 1. The summed E-state index contributed by atoms with van der Waals surface area (Å²) in [7, 11) is 0. The van der Waals surface area contributed by atoms with Crippen LogP contribution in [0.4, 0.5) is 0 Å². The zero-order chi connectivity index (χ0) is 19.1. The second-order valence-electron chi connectivity index (χ2n) is 6.05. The molecule has 2 N–H and O–H groups in total. The Kier molecular flexibility index (Phi) is 6.77. The van der Waals surface area contributed by atoms with Gasteiger partial charge in [-0.3, -0.25) is 9.59 Å². The summed E-state index contributed by atoms with van der Waals surface area (Å²) in [4.78, 5) is 34.1. The highest BCUT2D eigenvalue weighted by atomic mass is 16.5. The van der Waals surface area contributed by atoms with Crippen LogP contribution in [0.1, 0.15) is 38.7 Å². The molecule has 1 heterocycles. The third-order valence-corrected chi connectivity index (χ3v) is 3.92. The van der Waals surface area contributed by atoms with Gasteiger partial charge >= 0.3 is 11.6 Å². The lowest BCUT2D eigenvalue weighted by atomic mass is 10.0. The fraction of sp³-hybridized carbons (Fsp3) is 0.421. The normalized spacial score (nSPS) is 11.9. The van der Waals surface area contributed by atoms with Gasteiger partial charge in [0.15, 0.2) is 6.10 Å². The number of rotatable bonds is 9. The summed E-state index contributed by atoms with van der Waals surface area (Å²) < 4.78 is 10.8. The Morgan fingerprint density at radius 1 is 1.31 bits per heavy atom. The van der Waals surface area contributed by atoms with Gasteiger partial charge in [-0.15, -0.1) is 0 Å². The number of carboxylic acid groups (broad SMARTS) is 1. The number of aliphatic carboxylic acids is 1. The smallest absolute Gasteiger partial charge is 0.336 e. The fourth-order valence-corrected chi connectivity index (χ4v) is 2.55. The number of aryl methyl sites for hydroxylation is 1. The van der Waals surface area contributed by atoms with Gasteiger partial charge in [-0.05, 0) is 37.5 Å². The number of ether oxygens (including phenoxy) is 1. The molecule has 2 rings (SSSR count). The standard InChI is InChI=1S/C19H23NO6/c1-3-4-5-13-10-18(23)26-16-11-14(6-7-15(13)16)25-12(2)19(24)20-9-8-17(21)22/h6-7,10-12H,3-5,8-9H2,1-2H3,(H,20,24)(H,21,22)/t12-/m1/s1. The van der Waals surface area contributed by atoms with E-state index in [4.69, 9.17) is 14.3 Å². The first kappa shape index (κ1) is 19.5. The van der Waals surface area contributed by atoms with Crippen molar-refractivity contribution in [3.63, 3.8) is 0 Å². The first-order valence-electron chi connectivity index (χ1n) is 8.63. The van der Waals surface area contributed by atoms with Crippen LogP contribution in [0.25, 0.3) is 11.0 Å². The van der Waals surface area contributed by atoms with E-state index in [1.54, 1.807) is 19.1 Å². The third-order valence-electron chi connectivity index (χ3n) is 3.92. The van der Waals surface area contributed by atoms with Gasteiger partial charge in [-0.1, -0.05) is 13.3 Å². The van der Waals surface area contributed by atoms with Crippen LogP contribution in [-0.4, -0.2) is 29.6 Å². The average molecular weight is 361 g/mol. The Labute approximate surface area is 151 Å². The van der Waals surface area contributed by atoms with Gasteiger partial charge in [0.05, 0.1) is 6.42 Å². The van der Waals surface area contributed by atoms with Crippen molar-refractivity contribution in [1.82, 2.24) is 5.32 Å². The summed E-state index contributed by atoms with van der Waals surface area (Å²) in [6.45, 7) is 3.69. The molecular formula is C19H23NO6. The van der Waals surface area contributed by atoms with Gasteiger partial charge in [0.2, 0.25) is 0 Å². The predicted octanol–water partition coefficient (Wildman–Crippen LogP) is 2.49. The Balaban J connectivity index is 2.11. The van der Waals surface area contributed by atoms with Crippen molar-refractivity contribution in [3.8, 4) is 5.75 Å². The van der Waals surface area contributed by atoms with Gasteiger partial charge in [0.1, 0.15) is 11.3 Å². The maximum absolute atomic E-state index is 11.9. The molecule has 0 fully saturated rings. The van der Waals surface area contributed by atoms with Gasteiger partial charge in [0, 0.05) is 24.1 Å². The van der Waals surface area contributed by atoms with Gasteiger partial charge in [-0.2, -0.15) is 0 Å². The summed E-state index contributed by atoms with van der Waals surface area (Å²) in [5.41, 5.74) is 0.934. The van der Waals surface area contributed by atoms with E-state index < -0.39 is 23.6 Å². The Morgan fingerprint density at radius 3 is 2.77 bits per heavy atom. The lowest BCUT2D eigenvalue weighted by Gasteiger charge is -2.15. The first-order valence-corrected chi connectivity index (χ1v) is 8.63. The molecule has 1 aromatic heterocycles. The highest BCUT2D eigenvalue weighted by Gasteiger charge is 2.15. The molecule has 1 atom stereocenters. The molecule has 7 heteroatoms. The van der Waals surface area contributed by atoms with Crippen LogP contribution in [0.5, 0.6) is 5.75 Å². The number of nitrogens with one attached hydrogen (secondary N) is 1. The molecular weight excluding hydrogens is 338 g/mol. The van der Waals surface area contributed by atoms with Crippen molar-refractivity contribution in [2.75, 3.05) is 6.54 Å². The van der Waals surface area contributed by atoms with Crippen LogP contribution in [-0.2, 0) is 16.0 Å². The Morgan fingerprint density at radius 2 is 2.08 bits per heavy atom. The summed E-state index contributed by atoms with van der Waals surface area (Å²) in [6, 6.07) is 6.64. The average Bonchev–Trinajstić information content (AvgIpc) is 2.58. The number of unbranched alkanes of at least 4 members (excludes halogenated alkanes) is 1. The van der Waals surface area contributed by atoms with Crippen molar-refractivity contribution < 1.29 is 23.8 Å². The molecule has 0 saturated carbocycles. The van der Waals surface area contributed by atoms with Crippen molar-refractivity contribution in [2.45, 2.75) is 45.6 Å². The van der Waals surface area contributed by atoms with E-state index in [0.717, 1.165) is 30.2 Å². The molecule has 1 aromatic carbocycles. The molecule has 0 spiro atoms. The molecule has 140 valence electrons. The maximum atomic E-state index is 11.9. The zero-order valence-corrected chi connectivity index (χ0v) is 14.9. The van der Waals surface area contributed by atoms with E-state index in [9.17, 15) is 14.4 Å². The molecule has 0 aliphatic carbocycles. The number of amides is 1. The minimum absolute atomic E-state index is 0.0370. The molecule has 0 unspecified atom stereocenters. The number of benzene rings is 1. The largest absolute Gasteiger partial charge is 0.481 e. The minimum atomic E-state index is -0.984. The Bertz CT molecular complexity index is 842. The number of fused-ring (bicyclic) bond motifs is 1. The second kappa shape index (κ2) is 9.03. The van der Waals surface area contributed by atoms with Crippen LogP contribution in [0.2, 0.25) is 0 Å². The molecule has 0 radical (unpaired) electrons. The minimum Gasteiger partial charge on any atom is -0.481 e. The van der Waals surface area contributed by atoms with Crippen molar-refractivity contribution in [2.24, 2.45) is 0 Å². The number of carboxylic acids is 1. The molecule has 0 bridgehead atoms. The molecule has 26 heavy (non-hydrogen) atoms. The number of hydrogen-bond acceptors (Lipinski definition) is 5. The number of hydrogen-bond donors (Lipinski definition) is 2. The fourth-order valence-electron chi connectivity index (χ4n) is 2.55. The molecule has 7 nitrogen and oxygen atoms in total.